The summed E-state index contributed by atoms with van der Waals surface area (Å²) >= 11 is 1.64. The minimum atomic E-state index is -0.796. The average Bonchev–Trinajstić information content (AvgIpc) is 2.95. The van der Waals surface area contributed by atoms with Gasteiger partial charge in [0.1, 0.15) is 0 Å². The smallest absolute Gasteiger partial charge is 0.166 e. The molecule has 24 heavy (non-hydrogen) atoms. The van der Waals surface area contributed by atoms with E-state index in [1.165, 1.54) is 6.07 Å². The number of hydrogen-bond acceptors (Lipinski definition) is 2. The van der Waals surface area contributed by atoms with Gasteiger partial charge in [0.05, 0.1) is 6.61 Å². The number of hydrogen-bond donors (Lipinski definition) is 0. The van der Waals surface area contributed by atoms with Gasteiger partial charge in [-0.15, -0.1) is 11.3 Å². The Morgan fingerprint density at radius 1 is 1.04 bits per heavy atom. The number of thiophene rings is 1. The number of rotatable bonds is 3. The lowest BCUT2D eigenvalue weighted by molar-refractivity contribution is 0.203. The number of halogens is 2. The lowest BCUT2D eigenvalue weighted by atomic mass is 9.98. The predicted octanol–water partition coefficient (Wildman–Crippen LogP) is 5.45. The molecule has 122 valence electrons. The highest BCUT2D eigenvalue weighted by Gasteiger charge is 2.25. The third-order valence-corrected chi connectivity index (χ3v) is 5.66. The largest absolute Gasteiger partial charge is 0.384 e. The maximum atomic E-state index is 14.6. The first kappa shape index (κ1) is 15.5. The van der Waals surface area contributed by atoms with Gasteiger partial charge in [-0.05, 0) is 35.2 Å². The van der Waals surface area contributed by atoms with Crippen LogP contribution in [-0.4, -0.2) is 13.7 Å². The molecule has 0 fully saturated rings. The maximum absolute atomic E-state index is 14.6. The fourth-order valence-electron chi connectivity index (χ4n) is 3.28. The van der Waals surface area contributed by atoms with Gasteiger partial charge in [0, 0.05) is 34.4 Å². The monoisotopic (exact) mass is 342 g/mol. The molecular formula is C20H16F2OS. The van der Waals surface area contributed by atoms with Crippen LogP contribution < -0.4 is 0 Å². The van der Waals surface area contributed by atoms with Crippen LogP contribution in [0.5, 0.6) is 0 Å². The summed E-state index contributed by atoms with van der Waals surface area (Å²) in [7, 11) is 1.66. The highest BCUT2D eigenvalue weighted by Crippen LogP contribution is 2.46. The molecule has 1 aromatic heterocycles. The first-order valence-electron chi connectivity index (χ1n) is 7.86. The SMILES string of the molecule is COCCc1cc2c(s1)-c1ccccc1Cc1ccc(F)c(F)c1-2. The summed E-state index contributed by atoms with van der Waals surface area (Å²) in [5.74, 6) is -1.55. The summed E-state index contributed by atoms with van der Waals surface area (Å²) < 4.78 is 33.7. The molecule has 0 N–H and O–H groups in total. The Bertz CT molecular complexity index is 914. The van der Waals surface area contributed by atoms with E-state index in [9.17, 15) is 8.78 Å². The van der Waals surface area contributed by atoms with Gasteiger partial charge in [0.15, 0.2) is 11.6 Å². The van der Waals surface area contributed by atoms with Crippen molar-refractivity contribution >= 4 is 11.3 Å². The molecule has 3 aromatic rings. The van der Waals surface area contributed by atoms with Gasteiger partial charge in [0.25, 0.3) is 0 Å². The Morgan fingerprint density at radius 3 is 2.71 bits per heavy atom. The third-order valence-electron chi connectivity index (χ3n) is 4.43. The molecular weight excluding hydrogens is 326 g/mol. The second-order valence-electron chi connectivity index (χ2n) is 5.93. The first-order chi connectivity index (χ1) is 11.7. The molecule has 0 unspecified atom stereocenters. The van der Waals surface area contributed by atoms with Gasteiger partial charge in [-0.2, -0.15) is 0 Å². The standard InChI is InChI=1S/C20H16F2OS/c1-23-9-8-14-11-16-18-13(6-7-17(21)19(18)22)10-12-4-2-3-5-15(12)20(16)24-14/h2-7,11H,8-10H2,1H3. The normalized spacial score (nSPS) is 12.3. The van der Waals surface area contributed by atoms with E-state index in [0.29, 0.717) is 18.6 Å². The highest BCUT2D eigenvalue weighted by atomic mass is 32.1. The van der Waals surface area contributed by atoms with Gasteiger partial charge >= 0.3 is 0 Å². The van der Waals surface area contributed by atoms with Crippen molar-refractivity contribution in [1.82, 2.24) is 0 Å². The molecule has 1 aliphatic rings. The van der Waals surface area contributed by atoms with Crippen molar-refractivity contribution in [3.05, 3.63) is 70.1 Å². The molecule has 0 spiro atoms. The lowest BCUT2D eigenvalue weighted by Crippen LogP contribution is -1.96. The van der Waals surface area contributed by atoms with Gasteiger partial charge in [-0.1, -0.05) is 30.3 Å². The van der Waals surface area contributed by atoms with Crippen LogP contribution in [0.25, 0.3) is 21.6 Å². The highest BCUT2D eigenvalue weighted by molar-refractivity contribution is 7.16. The fourth-order valence-corrected chi connectivity index (χ4v) is 4.49. The Balaban J connectivity index is 2.00. The summed E-state index contributed by atoms with van der Waals surface area (Å²) in [6.45, 7) is 0.611. The molecule has 0 saturated heterocycles. The zero-order valence-corrected chi connectivity index (χ0v) is 14.1. The van der Waals surface area contributed by atoms with Crippen LogP contribution >= 0.6 is 11.3 Å². The molecule has 0 amide bonds. The summed E-state index contributed by atoms with van der Waals surface area (Å²) in [5, 5.41) is 0. The fraction of sp³-hybridized carbons (Fsp3) is 0.200. The molecule has 0 radical (unpaired) electrons. The number of methoxy groups -OCH3 is 1. The average molecular weight is 342 g/mol. The molecule has 0 aliphatic heterocycles. The van der Waals surface area contributed by atoms with Crippen LogP contribution in [-0.2, 0) is 17.6 Å². The van der Waals surface area contributed by atoms with E-state index in [1.54, 1.807) is 24.5 Å². The van der Waals surface area contributed by atoms with E-state index >= 15 is 0 Å². The zero-order valence-electron chi connectivity index (χ0n) is 13.2. The van der Waals surface area contributed by atoms with E-state index in [4.69, 9.17) is 4.74 Å². The van der Waals surface area contributed by atoms with Crippen molar-refractivity contribution in [2.75, 3.05) is 13.7 Å². The van der Waals surface area contributed by atoms with Gasteiger partial charge in [-0.3, -0.25) is 0 Å². The van der Waals surface area contributed by atoms with Crippen LogP contribution in [0.4, 0.5) is 8.78 Å². The summed E-state index contributed by atoms with van der Waals surface area (Å²) in [4.78, 5) is 2.13. The topological polar surface area (TPSA) is 9.23 Å². The minimum absolute atomic E-state index is 0.404. The molecule has 1 nitrogen and oxygen atoms in total. The predicted molar refractivity (Wildman–Crippen MR) is 93.5 cm³/mol. The molecule has 0 saturated carbocycles. The van der Waals surface area contributed by atoms with Crippen LogP contribution in [0.3, 0.4) is 0 Å². The summed E-state index contributed by atoms with van der Waals surface area (Å²) in [6, 6.07) is 13.0. The van der Waals surface area contributed by atoms with Gasteiger partial charge in [-0.25, -0.2) is 8.78 Å². The molecule has 4 rings (SSSR count). The van der Waals surface area contributed by atoms with Gasteiger partial charge < -0.3 is 4.74 Å². The van der Waals surface area contributed by atoms with Crippen molar-refractivity contribution in [2.45, 2.75) is 12.8 Å². The lowest BCUT2D eigenvalue weighted by Gasteiger charge is -2.08. The van der Waals surface area contributed by atoms with E-state index in [-0.39, 0.29) is 0 Å². The van der Waals surface area contributed by atoms with E-state index in [0.717, 1.165) is 38.4 Å². The maximum Gasteiger partial charge on any atom is 0.166 e. The Morgan fingerprint density at radius 2 is 1.88 bits per heavy atom. The molecule has 1 aliphatic carbocycles. The number of ether oxygens (including phenoxy) is 1. The molecule has 4 heteroatoms. The summed E-state index contributed by atoms with van der Waals surface area (Å²) in [5.41, 5.74) is 4.28. The third kappa shape index (κ3) is 2.46. The van der Waals surface area contributed by atoms with E-state index < -0.39 is 11.6 Å². The second kappa shape index (κ2) is 6.11. The first-order valence-corrected chi connectivity index (χ1v) is 8.68. The zero-order chi connectivity index (χ0) is 16.7. The number of benzene rings is 2. The molecule has 2 aromatic carbocycles. The van der Waals surface area contributed by atoms with E-state index in [2.05, 4.69) is 12.1 Å². The Kier molecular flexibility index (Phi) is 3.94. The molecule has 0 atom stereocenters. The minimum Gasteiger partial charge on any atom is -0.384 e. The van der Waals surface area contributed by atoms with Crippen LogP contribution in [0, 0.1) is 11.6 Å². The second-order valence-corrected chi connectivity index (χ2v) is 7.06. The van der Waals surface area contributed by atoms with Crippen LogP contribution in [0.15, 0.2) is 42.5 Å². The van der Waals surface area contributed by atoms with Crippen molar-refractivity contribution < 1.29 is 13.5 Å². The quantitative estimate of drug-likeness (QED) is 0.481. The summed E-state index contributed by atoms with van der Waals surface area (Å²) in [6.07, 6.45) is 1.38. The Hall–Kier alpha value is -2.04. The molecule has 0 bridgehead atoms. The van der Waals surface area contributed by atoms with Gasteiger partial charge in [0.2, 0.25) is 0 Å². The van der Waals surface area contributed by atoms with E-state index in [1.807, 2.05) is 18.2 Å². The Labute approximate surface area is 143 Å². The van der Waals surface area contributed by atoms with Crippen LogP contribution in [0.1, 0.15) is 16.0 Å². The van der Waals surface area contributed by atoms with Crippen LogP contribution in [0.2, 0.25) is 0 Å². The van der Waals surface area contributed by atoms with Crippen molar-refractivity contribution in [3.63, 3.8) is 0 Å². The van der Waals surface area contributed by atoms with Crippen molar-refractivity contribution in [3.8, 4) is 21.6 Å². The number of fused-ring (bicyclic) bond motifs is 5. The molecule has 1 heterocycles. The van der Waals surface area contributed by atoms with Crippen molar-refractivity contribution in [1.29, 1.82) is 0 Å². The van der Waals surface area contributed by atoms with Crippen molar-refractivity contribution in [2.24, 2.45) is 0 Å².